The van der Waals surface area contributed by atoms with E-state index in [1.54, 1.807) is 4.90 Å². The molecule has 1 fully saturated rings. The molecule has 7 heteroatoms. The summed E-state index contributed by atoms with van der Waals surface area (Å²) >= 11 is 17.9. The number of rotatable bonds is 6. The zero-order valence-electron chi connectivity index (χ0n) is 14.8. The second-order valence-electron chi connectivity index (χ2n) is 6.74. The van der Waals surface area contributed by atoms with Crippen molar-refractivity contribution < 1.29 is 14.4 Å². The van der Waals surface area contributed by atoms with Crippen LogP contribution in [0, 0.1) is 0 Å². The standard InChI is InChI=1S/C20H21Cl3N2O2/c21-16-10-18(23)19(11-17(16)22)27-13-20(26)24-15-6-8-25(9-7-15)12-14-4-2-1-3-5-14/h1-5,10-11,15H,6-9,12-13H2,(H,24,26)/p+1. The SMILES string of the molecule is O=C(COc1cc(Cl)c(Cl)cc1Cl)NC1CC[NH+](Cc2ccccc2)CC1. The zero-order valence-corrected chi connectivity index (χ0v) is 17.1. The van der Waals surface area contributed by atoms with Crippen LogP contribution in [0.4, 0.5) is 0 Å². The molecule has 1 aliphatic rings. The summed E-state index contributed by atoms with van der Waals surface area (Å²) in [7, 11) is 0. The van der Waals surface area contributed by atoms with Crippen molar-refractivity contribution in [1.82, 2.24) is 5.32 Å². The van der Waals surface area contributed by atoms with E-state index in [4.69, 9.17) is 39.5 Å². The van der Waals surface area contributed by atoms with Gasteiger partial charge in [-0.2, -0.15) is 0 Å². The lowest BCUT2D eigenvalue weighted by molar-refractivity contribution is -0.918. The highest BCUT2D eigenvalue weighted by Gasteiger charge is 2.23. The summed E-state index contributed by atoms with van der Waals surface area (Å²) in [6, 6.07) is 13.7. The smallest absolute Gasteiger partial charge is 0.258 e. The molecule has 1 saturated heterocycles. The number of ether oxygens (including phenoxy) is 1. The van der Waals surface area contributed by atoms with Gasteiger partial charge in [-0.3, -0.25) is 4.79 Å². The van der Waals surface area contributed by atoms with Gasteiger partial charge in [0.05, 0.1) is 28.2 Å². The van der Waals surface area contributed by atoms with Gasteiger partial charge in [-0.05, 0) is 6.07 Å². The third-order valence-corrected chi connectivity index (χ3v) is 5.71. The summed E-state index contributed by atoms with van der Waals surface area (Å²) in [5.74, 6) is 0.192. The van der Waals surface area contributed by atoms with Crippen LogP contribution in [0.25, 0.3) is 0 Å². The topological polar surface area (TPSA) is 42.8 Å². The highest BCUT2D eigenvalue weighted by molar-refractivity contribution is 6.43. The summed E-state index contributed by atoms with van der Waals surface area (Å²) in [6.07, 6.45) is 1.92. The summed E-state index contributed by atoms with van der Waals surface area (Å²) < 4.78 is 5.48. The number of benzene rings is 2. The van der Waals surface area contributed by atoms with Crippen molar-refractivity contribution in [2.24, 2.45) is 0 Å². The Morgan fingerprint density at radius 2 is 1.70 bits per heavy atom. The number of likely N-dealkylation sites (tertiary alicyclic amines) is 1. The molecule has 144 valence electrons. The maximum Gasteiger partial charge on any atom is 0.258 e. The van der Waals surface area contributed by atoms with Crippen molar-refractivity contribution in [2.75, 3.05) is 19.7 Å². The first-order valence-electron chi connectivity index (χ1n) is 8.95. The average Bonchev–Trinajstić information content (AvgIpc) is 2.66. The van der Waals surface area contributed by atoms with E-state index in [2.05, 4.69) is 29.6 Å². The lowest BCUT2D eigenvalue weighted by Gasteiger charge is -2.29. The van der Waals surface area contributed by atoms with Crippen LogP contribution in [-0.2, 0) is 11.3 Å². The largest absolute Gasteiger partial charge is 0.482 e. The Hall–Kier alpha value is -1.46. The number of nitrogens with one attached hydrogen (secondary N) is 2. The molecule has 0 unspecified atom stereocenters. The van der Waals surface area contributed by atoms with Gasteiger partial charge < -0.3 is 15.0 Å². The van der Waals surface area contributed by atoms with E-state index >= 15 is 0 Å². The third kappa shape index (κ3) is 6.01. The van der Waals surface area contributed by atoms with E-state index in [0.29, 0.717) is 20.8 Å². The Morgan fingerprint density at radius 1 is 1.04 bits per heavy atom. The molecule has 0 bridgehead atoms. The maximum absolute atomic E-state index is 12.2. The van der Waals surface area contributed by atoms with Gasteiger partial charge in [0.1, 0.15) is 12.3 Å². The van der Waals surface area contributed by atoms with Crippen molar-refractivity contribution in [1.29, 1.82) is 0 Å². The summed E-state index contributed by atoms with van der Waals surface area (Å²) in [5, 5.41) is 4.06. The van der Waals surface area contributed by atoms with Crippen molar-refractivity contribution in [3.05, 3.63) is 63.1 Å². The molecule has 0 aromatic heterocycles. The predicted octanol–water partition coefficient (Wildman–Crippen LogP) is 3.39. The molecule has 0 spiro atoms. The number of carbonyl (C=O) groups excluding carboxylic acids is 1. The van der Waals surface area contributed by atoms with Gasteiger partial charge >= 0.3 is 0 Å². The number of carbonyl (C=O) groups is 1. The summed E-state index contributed by atoms with van der Waals surface area (Å²) in [5.41, 5.74) is 1.35. The highest BCUT2D eigenvalue weighted by atomic mass is 35.5. The monoisotopic (exact) mass is 427 g/mol. The fourth-order valence-electron chi connectivity index (χ4n) is 3.26. The minimum atomic E-state index is -0.159. The first-order chi connectivity index (χ1) is 13.0. The highest BCUT2D eigenvalue weighted by Crippen LogP contribution is 2.33. The Labute approximate surface area is 174 Å². The predicted molar refractivity (Wildman–Crippen MR) is 109 cm³/mol. The van der Waals surface area contributed by atoms with Crippen LogP contribution in [0.1, 0.15) is 18.4 Å². The number of amides is 1. The van der Waals surface area contributed by atoms with Crippen LogP contribution >= 0.6 is 34.8 Å². The van der Waals surface area contributed by atoms with Crippen LogP contribution in [0.3, 0.4) is 0 Å². The minimum absolute atomic E-state index is 0.102. The lowest BCUT2D eigenvalue weighted by Crippen LogP contribution is -3.12. The van der Waals surface area contributed by atoms with Crippen LogP contribution in [-0.4, -0.2) is 31.6 Å². The van der Waals surface area contributed by atoms with E-state index < -0.39 is 0 Å². The van der Waals surface area contributed by atoms with Gasteiger partial charge in [0, 0.05) is 30.5 Å². The molecule has 1 aliphatic heterocycles. The number of halogens is 3. The molecular formula is C20H22Cl3N2O2+. The van der Waals surface area contributed by atoms with E-state index in [1.807, 2.05) is 6.07 Å². The molecule has 0 atom stereocenters. The fraction of sp³-hybridized carbons (Fsp3) is 0.350. The minimum Gasteiger partial charge on any atom is -0.482 e. The number of hydrogen-bond donors (Lipinski definition) is 2. The fourth-order valence-corrected chi connectivity index (χ4v) is 3.85. The van der Waals surface area contributed by atoms with E-state index in [0.717, 1.165) is 32.5 Å². The van der Waals surface area contributed by atoms with Crippen molar-refractivity contribution in [3.63, 3.8) is 0 Å². The molecule has 4 nitrogen and oxygen atoms in total. The quantitative estimate of drug-likeness (QED) is 0.693. The normalized spacial score (nSPS) is 19.5. The Bertz CT molecular complexity index is 778. The van der Waals surface area contributed by atoms with Crippen LogP contribution in [0.15, 0.2) is 42.5 Å². The van der Waals surface area contributed by atoms with Crippen LogP contribution in [0.5, 0.6) is 5.75 Å². The summed E-state index contributed by atoms with van der Waals surface area (Å²) in [4.78, 5) is 13.7. The van der Waals surface area contributed by atoms with Gasteiger partial charge in [0.15, 0.2) is 6.61 Å². The Kier molecular flexibility index (Phi) is 7.25. The zero-order chi connectivity index (χ0) is 19.2. The van der Waals surface area contributed by atoms with Crippen molar-refractivity contribution in [2.45, 2.75) is 25.4 Å². The average molecular weight is 429 g/mol. The van der Waals surface area contributed by atoms with Crippen LogP contribution in [0.2, 0.25) is 15.1 Å². The Balaban J connectivity index is 1.41. The Morgan fingerprint density at radius 3 is 2.41 bits per heavy atom. The van der Waals surface area contributed by atoms with Crippen LogP contribution < -0.4 is 15.0 Å². The second kappa shape index (κ2) is 9.65. The molecule has 2 aromatic carbocycles. The molecular weight excluding hydrogens is 407 g/mol. The van der Waals surface area contributed by atoms with Crippen molar-refractivity contribution >= 4 is 40.7 Å². The molecule has 1 heterocycles. The van der Waals surface area contributed by atoms with E-state index in [1.165, 1.54) is 17.7 Å². The van der Waals surface area contributed by atoms with Crippen molar-refractivity contribution in [3.8, 4) is 5.75 Å². The molecule has 1 amide bonds. The molecule has 0 saturated carbocycles. The molecule has 27 heavy (non-hydrogen) atoms. The molecule has 0 aliphatic carbocycles. The first kappa shape index (κ1) is 20.3. The molecule has 3 rings (SSSR count). The van der Waals surface area contributed by atoms with E-state index in [-0.39, 0.29) is 18.6 Å². The van der Waals surface area contributed by atoms with E-state index in [9.17, 15) is 4.79 Å². The molecule has 0 radical (unpaired) electrons. The number of hydrogen-bond acceptors (Lipinski definition) is 2. The van der Waals surface area contributed by atoms with Gasteiger partial charge in [-0.25, -0.2) is 0 Å². The lowest BCUT2D eigenvalue weighted by atomic mass is 10.0. The van der Waals surface area contributed by atoms with Gasteiger partial charge in [-0.15, -0.1) is 0 Å². The van der Waals surface area contributed by atoms with Gasteiger partial charge in [-0.1, -0.05) is 65.1 Å². The molecule has 2 N–H and O–H groups in total. The first-order valence-corrected chi connectivity index (χ1v) is 10.1. The number of quaternary nitrogens is 1. The third-order valence-electron chi connectivity index (χ3n) is 4.69. The number of piperidine rings is 1. The maximum atomic E-state index is 12.2. The van der Waals surface area contributed by atoms with Gasteiger partial charge in [0.25, 0.3) is 5.91 Å². The second-order valence-corrected chi connectivity index (χ2v) is 7.96. The molecule has 2 aromatic rings. The summed E-state index contributed by atoms with van der Waals surface area (Å²) in [6.45, 7) is 3.01. The van der Waals surface area contributed by atoms with Gasteiger partial charge in [0.2, 0.25) is 0 Å².